The summed E-state index contributed by atoms with van der Waals surface area (Å²) in [7, 11) is -2.97. The number of halogens is 2. The zero-order valence-corrected chi connectivity index (χ0v) is 11.4. The van der Waals surface area contributed by atoms with E-state index in [-0.39, 0.29) is 23.4 Å². The summed E-state index contributed by atoms with van der Waals surface area (Å²) >= 11 is 3.24. The van der Waals surface area contributed by atoms with Gasteiger partial charge in [-0.2, -0.15) is 0 Å². The van der Waals surface area contributed by atoms with Crippen LogP contribution < -0.4 is 4.74 Å². The summed E-state index contributed by atoms with van der Waals surface area (Å²) < 4.78 is 41.2. The van der Waals surface area contributed by atoms with E-state index in [9.17, 15) is 12.8 Å². The number of sulfone groups is 1. The Morgan fingerprint density at radius 3 is 2.76 bits per heavy atom. The fourth-order valence-corrected chi connectivity index (χ4v) is 3.73. The molecule has 1 atom stereocenters. The number of benzene rings is 1. The second kappa shape index (κ2) is 4.94. The summed E-state index contributed by atoms with van der Waals surface area (Å²) in [6.45, 7) is 0. The molecule has 1 aromatic rings. The van der Waals surface area contributed by atoms with Gasteiger partial charge in [0, 0.05) is 11.4 Å². The molecule has 1 aliphatic heterocycles. The van der Waals surface area contributed by atoms with Gasteiger partial charge in [0.05, 0.1) is 11.5 Å². The number of ether oxygens (including phenoxy) is 1. The number of rotatable bonds is 3. The predicted octanol–water partition coefficient (Wildman–Crippen LogP) is 2.29. The first-order valence-electron chi connectivity index (χ1n) is 5.21. The van der Waals surface area contributed by atoms with Crippen molar-refractivity contribution in [3.05, 3.63) is 29.6 Å². The van der Waals surface area contributed by atoms with E-state index < -0.39 is 9.84 Å². The van der Waals surface area contributed by atoms with E-state index in [1.54, 1.807) is 6.07 Å². The Labute approximate surface area is 108 Å². The van der Waals surface area contributed by atoms with Gasteiger partial charge in [0.15, 0.2) is 9.84 Å². The molecule has 6 heteroatoms. The topological polar surface area (TPSA) is 43.4 Å². The van der Waals surface area contributed by atoms with Crippen LogP contribution in [0.3, 0.4) is 0 Å². The molecule has 1 heterocycles. The summed E-state index contributed by atoms with van der Waals surface area (Å²) in [4.78, 5) is 0. The number of hydrogen-bond acceptors (Lipinski definition) is 3. The van der Waals surface area contributed by atoms with Gasteiger partial charge in [-0.05, 0) is 24.1 Å². The normalized spacial score (nSPS) is 22.6. The Bertz CT molecular complexity index is 515. The van der Waals surface area contributed by atoms with Crippen LogP contribution in [0.5, 0.6) is 5.75 Å². The van der Waals surface area contributed by atoms with Crippen LogP contribution in [0.25, 0.3) is 0 Å². The lowest BCUT2D eigenvalue weighted by Crippen LogP contribution is -2.17. The van der Waals surface area contributed by atoms with E-state index in [1.165, 1.54) is 12.1 Å². The maximum atomic E-state index is 13.2. The molecule has 0 aliphatic carbocycles. The fourth-order valence-electron chi connectivity index (χ4n) is 1.81. The zero-order chi connectivity index (χ0) is 12.5. The average molecular weight is 323 g/mol. The molecule has 0 saturated carbocycles. The largest absolute Gasteiger partial charge is 0.489 e. The van der Waals surface area contributed by atoms with E-state index in [0.29, 0.717) is 17.5 Å². The molecule has 1 saturated heterocycles. The lowest BCUT2D eigenvalue weighted by Gasteiger charge is -2.12. The zero-order valence-electron chi connectivity index (χ0n) is 9.03. The monoisotopic (exact) mass is 322 g/mol. The van der Waals surface area contributed by atoms with Gasteiger partial charge in [0.25, 0.3) is 0 Å². The van der Waals surface area contributed by atoms with Crippen LogP contribution in [0.15, 0.2) is 18.2 Å². The van der Waals surface area contributed by atoms with Crippen LogP contribution >= 0.6 is 15.9 Å². The molecule has 1 aromatic carbocycles. The minimum absolute atomic E-state index is 0.0210. The van der Waals surface area contributed by atoms with Crippen LogP contribution in [0.1, 0.15) is 12.0 Å². The van der Waals surface area contributed by atoms with Gasteiger partial charge in [0.1, 0.15) is 17.7 Å². The Balaban J connectivity index is 2.11. The number of hydrogen-bond donors (Lipinski definition) is 0. The lowest BCUT2D eigenvalue weighted by atomic mass is 10.2. The Morgan fingerprint density at radius 1 is 1.41 bits per heavy atom. The molecule has 1 fully saturated rings. The smallest absolute Gasteiger partial charge is 0.154 e. The minimum atomic E-state index is -2.97. The molecule has 1 unspecified atom stereocenters. The summed E-state index contributed by atoms with van der Waals surface area (Å²) in [6, 6.07) is 4.40. The van der Waals surface area contributed by atoms with Crippen molar-refractivity contribution in [1.82, 2.24) is 0 Å². The molecule has 94 valence electrons. The highest BCUT2D eigenvalue weighted by atomic mass is 79.9. The van der Waals surface area contributed by atoms with Crippen LogP contribution in [0, 0.1) is 5.82 Å². The summed E-state index contributed by atoms with van der Waals surface area (Å²) in [5, 5.41) is 0.532. The molecule has 0 amide bonds. The molecule has 0 spiro atoms. The standard InChI is InChI=1S/C11H12BrFO3S/c12-6-8-3-9(13)5-11(4-8)16-10-1-2-17(14,15)7-10/h3-5,10H,1-2,6-7H2. The Hall–Kier alpha value is -0.620. The van der Waals surface area contributed by atoms with Gasteiger partial charge in [-0.15, -0.1) is 0 Å². The van der Waals surface area contributed by atoms with Gasteiger partial charge in [0.2, 0.25) is 0 Å². The molecule has 0 bridgehead atoms. The van der Waals surface area contributed by atoms with E-state index in [2.05, 4.69) is 15.9 Å². The van der Waals surface area contributed by atoms with Crippen molar-refractivity contribution in [3.63, 3.8) is 0 Å². The average Bonchev–Trinajstić information content (AvgIpc) is 2.57. The van der Waals surface area contributed by atoms with Gasteiger partial charge >= 0.3 is 0 Å². The van der Waals surface area contributed by atoms with Crippen molar-refractivity contribution in [2.75, 3.05) is 11.5 Å². The van der Waals surface area contributed by atoms with Crippen LogP contribution in [0.4, 0.5) is 4.39 Å². The third-order valence-electron chi connectivity index (χ3n) is 2.58. The summed E-state index contributed by atoms with van der Waals surface area (Å²) in [5.41, 5.74) is 0.765. The molecule has 2 rings (SSSR count). The van der Waals surface area contributed by atoms with Crippen LogP contribution in [0.2, 0.25) is 0 Å². The van der Waals surface area contributed by atoms with Gasteiger partial charge < -0.3 is 4.74 Å². The van der Waals surface area contributed by atoms with Gasteiger partial charge in [-0.3, -0.25) is 0 Å². The molecule has 0 radical (unpaired) electrons. The first kappa shape index (κ1) is 12.8. The first-order chi connectivity index (χ1) is 7.98. The van der Waals surface area contributed by atoms with Crippen molar-refractivity contribution >= 4 is 25.8 Å². The second-order valence-electron chi connectivity index (χ2n) is 4.07. The maximum Gasteiger partial charge on any atom is 0.154 e. The molecule has 17 heavy (non-hydrogen) atoms. The van der Waals surface area contributed by atoms with Gasteiger partial charge in [-0.1, -0.05) is 15.9 Å². The molecule has 3 nitrogen and oxygen atoms in total. The Morgan fingerprint density at radius 2 is 2.18 bits per heavy atom. The molecular weight excluding hydrogens is 311 g/mol. The third-order valence-corrected chi connectivity index (χ3v) is 4.96. The molecule has 0 N–H and O–H groups in total. The van der Waals surface area contributed by atoms with E-state index in [1.807, 2.05) is 0 Å². The van der Waals surface area contributed by atoms with Crippen molar-refractivity contribution in [2.45, 2.75) is 17.9 Å². The minimum Gasteiger partial charge on any atom is -0.489 e. The molecule has 0 aromatic heterocycles. The van der Waals surface area contributed by atoms with Crippen LogP contribution in [-0.4, -0.2) is 26.0 Å². The highest BCUT2D eigenvalue weighted by Gasteiger charge is 2.29. The van der Waals surface area contributed by atoms with E-state index in [0.717, 1.165) is 5.56 Å². The maximum absolute atomic E-state index is 13.2. The van der Waals surface area contributed by atoms with Crippen molar-refractivity contribution < 1.29 is 17.5 Å². The quantitative estimate of drug-likeness (QED) is 0.802. The molecular formula is C11H12BrFO3S. The highest BCUT2D eigenvalue weighted by Crippen LogP contribution is 2.23. The predicted molar refractivity (Wildman–Crippen MR) is 66.7 cm³/mol. The second-order valence-corrected chi connectivity index (χ2v) is 6.86. The first-order valence-corrected chi connectivity index (χ1v) is 8.15. The van der Waals surface area contributed by atoms with Crippen molar-refractivity contribution in [1.29, 1.82) is 0 Å². The van der Waals surface area contributed by atoms with E-state index >= 15 is 0 Å². The summed E-state index contributed by atoms with van der Waals surface area (Å²) in [6.07, 6.45) is 0.118. The number of alkyl halides is 1. The lowest BCUT2D eigenvalue weighted by molar-refractivity contribution is 0.228. The highest BCUT2D eigenvalue weighted by molar-refractivity contribution is 9.08. The van der Waals surface area contributed by atoms with E-state index in [4.69, 9.17) is 4.74 Å². The molecule has 1 aliphatic rings. The van der Waals surface area contributed by atoms with Gasteiger partial charge in [-0.25, -0.2) is 12.8 Å². The fraction of sp³-hybridized carbons (Fsp3) is 0.455. The summed E-state index contributed by atoms with van der Waals surface area (Å²) in [5.74, 6) is 0.185. The SMILES string of the molecule is O=S1(=O)CCC(Oc2cc(F)cc(CBr)c2)C1. The third kappa shape index (κ3) is 3.42. The van der Waals surface area contributed by atoms with Crippen molar-refractivity contribution in [3.8, 4) is 5.75 Å². The van der Waals surface area contributed by atoms with Crippen LogP contribution in [-0.2, 0) is 15.2 Å². The Kier molecular flexibility index (Phi) is 3.73. The van der Waals surface area contributed by atoms with Crippen molar-refractivity contribution in [2.24, 2.45) is 0 Å².